The third kappa shape index (κ3) is 3.46. The van der Waals surface area contributed by atoms with E-state index < -0.39 is 12.1 Å². The van der Waals surface area contributed by atoms with Crippen molar-refractivity contribution in [1.82, 2.24) is 4.57 Å². The smallest absolute Gasteiger partial charge is 0.475 e. The quantitative estimate of drug-likeness (QED) is 0.865. The van der Waals surface area contributed by atoms with Crippen LogP contribution in [0.15, 0.2) is 6.08 Å². The molecular formula is C17H22F3NO2. The average Bonchev–Trinajstić information content (AvgIpc) is 3.03. The number of rotatable bonds is 2. The highest BCUT2D eigenvalue weighted by molar-refractivity contribution is 5.73. The molecule has 0 saturated carbocycles. The van der Waals surface area contributed by atoms with E-state index in [1.807, 2.05) is 0 Å². The van der Waals surface area contributed by atoms with E-state index in [1.54, 1.807) is 22.5 Å². The summed E-state index contributed by atoms with van der Waals surface area (Å²) < 4.78 is 34.4. The number of carboxylic acids is 1. The fraction of sp³-hybridized carbons (Fsp3) is 0.588. The molecular weight excluding hydrogens is 307 g/mol. The molecule has 3 rings (SSSR count). The van der Waals surface area contributed by atoms with Gasteiger partial charge >= 0.3 is 12.1 Å². The van der Waals surface area contributed by atoms with E-state index in [4.69, 9.17) is 9.90 Å². The molecule has 3 nitrogen and oxygen atoms in total. The number of aromatic nitrogens is 1. The van der Waals surface area contributed by atoms with Gasteiger partial charge in [0.1, 0.15) is 0 Å². The standard InChI is InChI=1S/C15H21N.C2HF3O2/c1-3-6-13-12(4-2)14-8-5-7-11-9-10-15(13)16(11)14;3-2(4,5)1(6)7/h3,6,11H,4-5,7-10H2,1-2H3;(H,6,7)/b6-3+;/t11-;/m1./s1. The molecule has 0 aromatic carbocycles. The number of carbonyl (C=O) groups is 1. The van der Waals surface area contributed by atoms with E-state index in [0.717, 1.165) is 6.04 Å². The highest BCUT2D eigenvalue weighted by Gasteiger charge is 2.38. The Morgan fingerprint density at radius 1 is 1.30 bits per heavy atom. The molecule has 1 aromatic rings. The minimum Gasteiger partial charge on any atom is -0.475 e. The van der Waals surface area contributed by atoms with Gasteiger partial charge in [0, 0.05) is 17.4 Å². The van der Waals surface area contributed by atoms with Gasteiger partial charge in [-0.05, 0) is 56.6 Å². The SMILES string of the molecule is C/C=C/c1c(CC)c2n3c1CC[C@H]3CCC2.O=C(O)C(F)(F)F. The molecule has 0 spiro atoms. The predicted octanol–water partition coefficient (Wildman–Crippen LogP) is 4.54. The zero-order chi connectivity index (χ0) is 17.2. The van der Waals surface area contributed by atoms with Gasteiger partial charge in [0.15, 0.2) is 0 Å². The van der Waals surface area contributed by atoms with Crippen molar-refractivity contribution in [1.29, 1.82) is 0 Å². The molecule has 6 heteroatoms. The largest absolute Gasteiger partial charge is 0.490 e. The van der Waals surface area contributed by atoms with Crippen LogP contribution in [0, 0.1) is 0 Å². The maximum Gasteiger partial charge on any atom is 0.490 e. The summed E-state index contributed by atoms with van der Waals surface area (Å²) in [6.07, 6.45) is 7.45. The summed E-state index contributed by atoms with van der Waals surface area (Å²) in [4.78, 5) is 8.90. The number of hydrogen-bond donors (Lipinski definition) is 1. The third-order valence-corrected chi connectivity index (χ3v) is 4.53. The lowest BCUT2D eigenvalue weighted by atomic mass is 9.95. The monoisotopic (exact) mass is 329 g/mol. The second-order valence-electron chi connectivity index (χ2n) is 5.90. The van der Waals surface area contributed by atoms with Crippen molar-refractivity contribution in [3.8, 4) is 0 Å². The van der Waals surface area contributed by atoms with Gasteiger partial charge in [-0.2, -0.15) is 13.2 Å². The van der Waals surface area contributed by atoms with Crippen molar-refractivity contribution in [2.24, 2.45) is 0 Å². The minimum atomic E-state index is -5.08. The van der Waals surface area contributed by atoms with Crippen molar-refractivity contribution in [3.63, 3.8) is 0 Å². The molecule has 1 atom stereocenters. The van der Waals surface area contributed by atoms with Crippen LogP contribution in [0.2, 0.25) is 0 Å². The summed E-state index contributed by atoms with van der Waals surface area (Å²) in [6.45, 7) is 4.44. The van der Waals surface area contributed by atoms with Crippen LogP contribution >= 0.6 is 0 Å². The first-order valence-corrected chi connectivity index (χ1v) is 7.98. The van der Waals surface area contributed by atoms with Gasteiger partial charge in [-0.1, -0.05) is 19.1 Å². The molecule has 2 aliphatic rings. The molecule has 2 aliphatic heterocycles. The van der Waals surface area contributed by atoms with Crippen molar-refractivity contribution < 1.29 is 23.1 Å². The molecule has 0 radical (unpaired) electrons. The number of halogens is 3. The summed E-state index contributed by atoms with van der Waals surface area (Å²) in [5.74, 6) is -2.76. The van der Waals surface area contributed by atoms with Gasteiger partial charge in [0.2, 0.25) is 0 Å². The molecule has 0 aliphatic carbocycles. The lowest BCUT2D eigenvalue weighted by Gasteiger charge is -2.23. The van der Waals surface area contributed by atoms with E-state index in [1.165, 1.54) is 38.5 Å². The van der Waals surface area contributed by atoms with Crippen molar-refractivity contribution in [3.05, 3.63) is 28.6 Å². The summed E-state index contributed by atoms with van der Waals surface area (Å²) in [5.41, 5.74) is 6.50. The lowest BCUT2D eigenvalue weighted by Crippen LogP contribution is -2.21. The molecule has 0 unspecified atom stereocenters. The van der Waals surface area contributed by atoms with Crippen LogP contribution in [0.4, 0.5) is 13.2 Å². The Bertz CT molecular complexity index is 611. The van der Waals surface area contributed by atoms with Crippen LogP contribution in [0.1, 0.15) is 61.7 Å². The number of nitrogens with zero attached hydrogens (tertiary/aromatic N) is 1. The third-order valence-electron chi connectivity index (χ3n) is 4.53. The van der Waals surface area contributed by atoms with Gasteiger partial charge in [0.25, 0.3) is 0 Å². The maximum atomic E-state index is 10.6. The second-order valence-corrected chi connectivity index (χ2v) is 5.90. The first-order valence-electron chi connectivity index (χ1n) is 7.98. The van der Waals surface area contributed by atoms with E-state index in [0.29, 0.717) is 0 Å². The summed E-state index contributed by atoms with van der Waals surface area (Å²) >= 11 is 0. The minimum absolute atomic E-state index is 0.836. The summed E-state index contributed by atoms with van der Waals surface area (Å²) in [6, 6.07) is 0.836. The molecule has 1 aromatic heterocycles. The molecule has 3 heterocycles. The Hall–Kier alpha value is -1.72. The number of alkyl halides is 3. The Labute approximate surface area is 133 Å². The first kappa shape index (κ1) is 17.6. The van der Waals surface area contributed by atoms with Gasteiger partial charge in [-0.3, -0.25) is 0 Å². The van der Waals surface area contributed by atoms with Crippen LogP contribution in [-0.2, 0) is 24.1 Å². The molecule has 0 fully saturated rings. The van der Waals surface area contributed by atoms with Gasteiger partial charge in [-0.15, -0.1) is 0 Å². The summed E-state index contributed by atoms with van der Waals surface area (Å²) in [7, 11) is 0. The highest BCUT2D eigenvalue weighted by atomic mass is 19.4. The van der Waals surface area contributed by atoms with Crippen molar-refractivity contribution in [2.45, 2.75) is 64.6 Å². The van der Waals surface area contributed by atoms with Crippen molar-refractivity contribution >= 4 is 12.0 Å². The van der Waals surface area contributed by atoms with Gasteiger partial charge < -0.3 is 9.67 Å². The average molecular weight is 329 g/mol. The highest BCUT2D eigenvalue weighted by Crippen LogP contribution is 2.42. The Morgan fingerprint density at radius 3 is 2.48 bits per heavy atom. The number of aliphatic carboxylic acids is 1. The molecule has 0 bridgehead atoms. The number of carboxylic acid groups (broad SMARTS) is 1. The molecule has 23 heavy (non-hydrogen) atoms. The zero-order valence-electron chi connectivity index (χ0n) is 13.4. The first-order chi connectivity index (χ1) is 10.8. The van der Waals surface area contributed by atoms with Crippen LogP contribution < -0.4 is 0 Å². The normalized spacial score (nSPS) is 19.4. The molecule has 128 valence electrons. The van der Waals surface area contributed by atoms with Crippen LogP contribution in [-0.4, -0.2) is 21.8 Å². The number of hydrogen-bond acceptors (Lipinski definition) is 1. The van der Waals surface area contributed by atoms with E-state index in [-0.39, 0.29) is 0 Å². The van der Waals surface area contributed by atoms with Crippen LogP contribution in [0.5, 0.6) is 0 Å². The molecule has 0 saturated heterocycles. The van der Waals surface area contributed by atoms with Crippen molar-refractivity contribution in [2.75, 3.05) is 0 Å². The zero-order valence-corrected chi connectivity index (χ0v) is 13.4. The van der Waals surface area contributed by atoms with Crippen LogP contribution in [0.25, 0.3) is 6.08 Å². The molecule has 1 N–H and O–H groups in total. The topological polar surface area (TPSA) is 42.2 Å². The lowest BCUT2D eigenvalue weighted by molar-refractivity contribution is -0.192. The molecule has 0 amide bonds. The Kier molecular flexibility index (Phi) is 5.22. The Morgan fingerprint density at radius 2 is 1.96 bits per heavy atom. The van der Waals surface area contributed by atoms with E-state index >= 15 is 0 Å². The fourth-order valence-electron chi connectivity index (χ4n) is 3.70. The van der Waals surface area contributed by atoms with Gasteiger partial charge in [0.05, 0.1) is 0 Å². The number of allylic oxidation sites excluding steroid dienone is 1. The Balaban J connectivity index is 0.000000236. The maximum absolute atomic E-state index is 10.6. The van der Waals surface area contributed by atoms with Gasteiger partial charge in [-0.25, -0.2) is 4.79 Å². The summed E-state index contributed by atoms with van der Waals surface area (Å²) in [5, 5.41) is 7.12. The van der Waals surface area contributed by atoms with E-state index in [2.05, 4.69) is 30.6 Å². The van der Waals surface area contributed by atoms with Crippen LogP contribution in [0.3, 0.4) is 0 Å². The van der Waals surface area contributed by atoms with E-state index in [9.17, 15) is 13.2 Å². The fourth-order valence-corrected chi connectivity index (χ4v) is 3.70. The predicted molar refractivity (Wildman–Crippen MR) is 82.5 cm³/mol. The second kappa shape index (κ2) is 6.81.